The molecule has 6 nitrogen and oxygen atoms in total. The van der Waals surface area contributed by atoms with Crippen molar-refractivity contribution in [3.63, 3.8) is 0 Å². The maximum Gasteiger partial charge on any atom is 0.295 e. The smallest absolute Gasteiger partial charge is 0.295 e. The zero-order valence-electron chi connectivity index (χ0n) is 11.8. The van der Waals surface area contributed by atoms with Gasteiger partial charge >= 0.3 is 0 Å². The fourth-order valence-corrected chi connectivity index (χ4v) is 2.11. The zero-order valence-corrected chi connectivity index (χ0v) is 12.6. The largest absolute Gasteiger partial charge is 0.493 e. The fourth-order valence-electron chi connectivity index (χ4n) is 1.83. The number of hydrogen-bond acceptors (Lipinski definition) is 4. The van der Waals surface area contributed by atoms with Crippen LogP contribution in [0.1, 0.15) is 12.8 Å². The second kappa shape index (κ2) is 7.97. The van der Waals surface area contributed by atoms with E-state index in [9.17, 15) is 8.42 Å². The van der Waals surface area contributed by atoms with Crippen molar-refractivity contribution in [2.75, 3.05) is 11.9 Å². The highest BCUT2D eigenvalue weighted by Crippen LogP contribution is 2.18. The van der Waals surface area contributed by atoms with Crippen LogP contribution in [0.4, 0.5) is 5.69 Å². The van der Waals surface area contributed by atoms with E-state index in [1.807, 2.05) is 36.4 Å². The lowest BCUT2D eigenvalue weighted by molar-refractivity contribution is -0.00540. The van der Waals surface area contributed by atoms with E-state index in [0.29, 0.717) is 30.9 Å². The summed E-state index contributed by atoms with van der Waals surface area (Å²) in [7, 11) is -2.14. The zero-order chi connectivity index (χ0) is 15.8. The molecule has 2 rings (SSSR count). The predicted octanol–water partition coefficient (Wildman–Crippen LogP) is 2.06. The first-order valence-corrected chi connectivity index (χ1v) is 7.81. The standard InChI is InChI=1S/C15H15N3O3S/c16-18-14-4-2-12(3-5-14)17-13-6-8-15(9-7-13)21-10-1-11-22(19)20/h2-4,6-9,11,17H,1,5,10H2. The lowest BCUT2D eigenvalue weighted by atomic mass is 10.1. The second-order valence-corrected chi connectivity index (χ2v) is 5.36. The van der Waals surface area contributed by atoms with Gasteiger partial charge < -0.3 is 15.6 Å². The van der Waals surface area contributed by atoms with Gasteiger partial charge in [0.1, 0.15) is 5.75 Å². The Morgan fingerprint density at radius 1 is 1.27 bits per heavy atom. The number of rotatable bonds is 6. The van der Waals surface area contributed by atoms with Crippen LogP contribution in [0.3, 0.4) is 0 Å². The first-order chi connectivity index (χ1) is 10.7. The maximum atomic E-state index is 10.3. The van der Waals surface area contributed by atoms with Gasteiger partial charge in [0.05, 0.1) is 13.0 Å². The Morgan fingerprint density at radius 3 is 2.64 bits per heavy atom. The van der Waals surface area contributed by atoms with Gasteiger partial charge in [-0.2, -0.15) is 13.2 Å². The Balaban J connectivity index is 1.87. The van der Waals surface area contributed by atoms with Crippen LogP contribution in [-0.2, 0) is 10.3 Å². The summed E-state index contributed by atoms with van der Waals surface area (Å²) in [6.45, 7) is 0.317. The van der Waals surface area contributed by atoms with Gasteiger partial charge in [0.15, 0.2) is 0 Å². The number of ether oxygens (including phenoxy) is 1. The number of allylic oxidation sites excluding steroid dienone is 3. The molecule has 0 aromatic heterocycles. The van der Waals surface area contributed by atoms with Crippen molar-refractivity contribution >= 4 is 27.1 Å². The maximum absolute atomic E-state index is 10.3. The van der Waals surface area contributed by atoms with Crippen molar-refractivity contribution in [2.45, 2.75) is 12.8 Å². The molecule has 0 unspecified atom stereocenters. The van der Waals surface area contributed by atoms with E-state index in [4.69, 9.17) is 10.3 Å². The minimum atomic E-state index is -2.14. The Kier molecular flexibility index (Phi) is 5.71. The molecule has 0 bridgehead atoms. The average molecular weight is 317 g/mol. The summed E-state index contributed by atoms with van der Waals surface area (Å²) in [6, 6.07) is 7.36. The number of benzene rings is 1. The molecule has 0 fully saturated rings. The molecule has 1 aliphatic carbocycles. The molecule has 0 saturated heterocycles. The molecule has 114 valence electrons. The molecule has 0 aliphatic heterocycles. The highest BCUT2D eigenvalue weighted by atomic mass is 32.2. The van der Waals surface area contributed by atoms with Crippen molar-refractivity contribution in [1.29, 1.82) is 0 Å². The highest BCUT2D eigenvalue weighted by Gasteiger charge is 2.07. The third-order valence-electron chi connectivity index (χ3n) is 2.90. The van der Waals surface area contributed by atoms with E-state index in [2.05, 4.69) is 10.1 Å². The van der Waals surface area contributed by atoms with Crippen molar-refractivity contribution in [3.05, 3.63) is 53.7 Å². The molecule has 0 saturated carbocycles. The van der Waals surface area contributed by atoms with Gasteiger partial charge in [-0.3, -0.25) is 0 Å². The summed E-state index contributed by atoms with van der Waals surface area (Å²) in [5, 5.41) is 4.40. The molecule has 0 radical (unpaired) electrons. The van der Waals surface area contributed by atoms with Gasteiger partial charge in [0, 0.05) is 29.2 Å². The Hall–Kier alpha value is -2.63. The number of anilines is 1. The number of nitrogens with zero attached hydrogens (tertiary/aromatic N) is 2. The van der Waals surface area contributed by atoms with E-state index < -0.39 is 10.3 Å². The van der Waals surface area contributed by atoms with Crippen LogP contribution in [0.5, 0.6) is 5.75 Å². The lowest BCUT2D eigenvalue weighted by Crippen LogP contribution is -2.05. The van der Waals surface area contributed by atoms with Gasteiger partial charge in [-0.15, -0.1) is 0 Å². The molecule has 0 spiro atoms. The normalized spacial score (nSPS) is 13.1. The van der Waals surface area contributed by atoms with Crippen LogP contribution in [-0.4, -0.2) is 30.9 Å². The van der Waals surface area contributed by atoms with Crippen molar-refractivity contribution in [2.24, 2.45) is 0 Å². The van der Waals surface area contributed by atoms with Crippen LogP contribution >= 0.6 is 0 Å². The van der Waals surface area contributed by atoms with Gasteiger partial charge in [-0.25, -0.2) is 0 Å². The van der Waals surface area contributed by atoms with Gasteiger partial charge in [-0.1, -0.05) is 0 Å². The van der Waals surface area contributed by atoms with E-state index in [0.717, 1.165) is 11.4 Å². The average Bonchev–Trinajstić information content (AvgIpc) is 2.54. The fraction of sp³-hybridized carbons (Fsp3) is 0.200. The van der Waals surface area contributed by atoms with Crippen molar-refractivity contribution in [1.82, 2.24) is 0 Å². The number of hydrogen-bond donors (Lipinski definition) is 1. The van der Waals surface area contributed by atoms with Gasteiger partial charge in [0.25, 0.3) is 5.71 Å². The first kappa shape index (κ1) is 15.8. The molecule has 0 heterocycles. The van der Waals surface area contributed by atoms with Crippen LogP contribution in [0.15, 0.2) is 48.2 Å². The Labute approximate surface area is 129 Å². The molecule has 22 heavy (non-hydrogen) atoms. The van der Waals surface area contributed by atoms with E-state index in [1.165, 1.54) is 5.37 Å². The van der Waals surface area contributed by atoms with Gasteiger partial charge in [0.2, 0.25) is 10.3 Å². The second-order valence-electron chi connectivity index (χ2n) is 4.50. The monoisotopic (exact) mass is 317 g/mol. The summed E-state index contributed by atoms with van der Waals surface area (Å²) in [5.74, 6) is 0.679. The quantitative estimate of drug-likeness (QED) is 0.376. The summed E-state index contributed by atoms with van der Waals surface area (Å²) < 4.78 is 26.1. The lowest BCUT2D eigenvalue weighted by Gasteiger charge is -2.10. The minimum Gasteiger partial charge on any atom is -0.493 e. The molecule has 1 aliphatic rings. The van der Waals surface area contributed by atoms with E-state index >= 15 is 0 Å². The first-order valence-electron chi connectivity index (χ1n) is 6.68. The van der Waals surface area contributed by atoms with Crippen LogP contribution in [0.2, 0.25) is 0 Å². The third kappa shape index (κ3) is 5.05. The SMILES string of the molecule is [N-]=[N+]=C1C=CC(Nc2ccc(OCCC=S(=O)=O)cc2)=CC1. The molecule has 0 amide bonds. The molecular formula is C15H15N3O3S. The summed E-state index contributed by atoms with van der Waals surface area (Å²) in [5.41, 5.74) is 11.1. The van der Waals surface area contributed by atoms with Crippen LogP contribution in [0, 0.1) is 0 Å². The van der Waals surface area contributed by atoms with E-state index in [1.54, 1.807) is 6.08 Å². The Bertz CT molecular complexity index is 763. The summed E-state index contributed by atoms with van der Waals surface area (Å²) >= 11 is 0. The summed E-state index contributed by atoms with van der Waals surface area (Å²) in [4.78, 5) is 3.15. The molecule has 7 heteroatoms. The summed E-state index contributed by atoms with van der Waals surface area (Å²) in [6.07, 6.45) is 6.44. The molecule has 1 N–H and O–H groups in total. The van der Waals surface area contributed by atoms with Crippen molar-refractivity contribution in [3.8, 4) is 5.75 Å². The topological polar surface area (TPSA) is 91.8 Å². The highest BCUT2D eigenvalue weighted by molar-refractivity contribution is 7.71. The van der Waals surface area contributed by atoms with Gasteiger partial charge in [-0.05, 0) is 36.4 Å². The van der Waals surface area contributed by atoms with Crippen molar-refractivity contribution < 1.29 is 17.9 Å². The predicted molar refractivity (Wildman–Crippen MR) is 85.6 cm³/mol. The van der Waals surface area contributed by atoms with E-state index in [-0.39, 0.29) is 0 Å². The molecule has 0 atom stereocenters. The molecular weight excluding hydrogens is 302 g/mol. The van der Waals surface area contributed by atoms with Crippen LogP contribution in [0.25, 0.3) is 5.53 Å². The molecule has 1 aromatic rings. The number of nitrogens with one attached hydrogen (secondary N) is 1. The Morgan fingerprint density at radius 2 is 2.05 bits per heavy atom. The van der Waals surface area contributed by atoms with Crippen LogP contribution < -0.4 is 10.1 Å². The molecule has 1 aromatic carbocycles. The third-order valence-corrected chi connectivity index (χ3v) is 3.41. The minimum absolute atomic E-state index is 0.317.